The molecule has 136 valence electrons. The number of carbonyl (C=O) groups excluding carboxylic acids is 1. The first-order valence-corrected chi connectivity index (χ1v) is 8.52. The van der Waals surface area contributed by atoms with Crippen molar-refractivity contribution in [1.82, 2.24) is 30.2 Å². The van der Waals surface area contributed by atoms with Gasteiger partial charge in [-0.3, -0.25) is 14.5 Å². The summed E-state index contributed by atoms with van der Waals surface area (Å²) in [6, 6.07) is 5.03. The van der Waals surface area contributed by atoms with Gasteiger partial charge in [0.15, 0.2) is 0 Å². The molecule has 0 unspecified atom stereocenters. The van der Waals surface area contributed by atoms with E-state index < -0.39 is 6.04 Å². The number of rotatable bonds is 6. The lowest BCUT2D eigenvalue weighted by Crippen LogP contribution is -2.28. The Balaban J connectivity index is 1.70. The quantitative estimate of drug-likeness (QED) is 0.730. The van der Waals surface area contributed by atoms with Crippen molar-refractivity contribution in [2.75, 3.05) is 0 Å². The molecule has 8 heteroatoms. The molecule has 0 spiro atoms. The Morgan fingerprint density at radius 3 is 2.85 bits per heavy atom. The smallest absolute Gasteiger partial charge is 0.270 e. The normalized spacial score (nSPS) is 12.3. The van der Waals surface area contributed by atoms with Crippen LogP contribution in [0.25, 0.3) is 11.4 Å². The van der Waals surface area contributed by atoms with Gasteiger partial charge in [-0.1, -0.05) is 19.0 Å². The number of hydrogen-bond donors (Lipinski definition) is 1. The predicted octanol–water partition coefficient (Wildman–Crippen LogP) is 2.55. The largest absolute Gasteiger partial charge is 0.339 e. The van der Waals surface area contributed by atoms with Crippen molar-refractivity contribution in [2.24, 2.45) is 13.0 Å². The molecule has 3 aromatic rings. The summed E-state index contributed by atoms with van der Waals surface area (Å²) in [6.07, 6.45) is 4.16. The Labute approximate surface area is 151 Å². The van der Waals surface area contributed by atoms with Crippen LogP contribution in [0.4, 0.5) is 0 Å². The van der Waals surface area contributed by atoms with E-state index in [0.717, 1.165) is 17.7 Å². The topological polar surface area (TPSA) is 98.7 Å². The Kier molecular flexibility index (Phi) is 5.11. The molecule has 8 nitrogen and oxygen atoms in total. The van der Waals surface area contributed by atoms with Gasteiger partial charge in [-0.15, -0.1) is 0 Å². The first kappa shape index (κ1) is 17.8. The van der Waals surface area contributed by atoms with Gasteiger partial charge in [-0.05, 0) is 37.5 Å². The molecule has 0 aliphatic carbocycles. The molecule has 0 saturated carbocycles. The van der Waals surface area contributed by atoms with Crippen LogP contribution in [0.5, 0.6) is 0 Å². The lowest BCUT2D eigenvalue weighted by molar-refractivity contribution is 0.0923. The van der Waals surface area contributed by atoms with Crippen molar-refractivity contribution in [3.05, 3.63) is 47.9 Å². The predicted molar refractivity (Wildman–Crippen MR) is 95.2 cm³/mol. The van der Waals surface area contributed by atoms with Crippen LogP contribution in [0, 0.1) is 5.92 Å². The van der Waals surface area contributed by atoms with Crippen molar-refractivity contribution in [1.29, 1.82) is 0 Å². The molecular formula is C18H22N6O2. The van der Waals surface area contributed by atoms with Gasteiger partial charge in [0.1, 0.15) is 11.7 Å². The molecule has 3 heterocycles. The molecule has 1 amide bonds. The number of amides is 1. The van der Waals surface area contributed by atoms with Gasteiger partial charge >= 0.3 is 0 Å². The molecule has 3 rings (SSSR count). The number of nitrogens with one attached hydrogen (secondary N) is 1. The summed E-state index contributed by atoms with van der Waals surface area (Å²) in [5.74, 6) is 1.02. The van der Waals surface area contributed by atoms with E-state index in [4.69, 9.17) is 4.52 Å². The molecule has 1 atom stereocenters. The van der Waals surface area contributed by atoms with Gasteiger partial charge < -0.3 is 9.84 Å². The molecular weight excluding hydrogens is 332 g/mol. The Morgan fingerprint density at radius 1 is 1.35 bits per heavy atom. The molecule has 0 radical (unpaired) electrons. The van der Waals surface area contributed by atoms with Crippen molar-refractivity contribution in [3.8, 4) is 11.4 Å². The molecule has 0 fully saturated rings. The second-order valence-corrected chi connectivity index (χ2v) is 6.64. The third-order valence-corrected chi connectivity index (χ3v) is 3.86. The monoisotopic (exact) mass is 354 g/mol. The highest BCUT2D eigenvalue weighted by molar-refractivity contribution is 5.92. The Hall–Kier alpha value is -3.03. The lowest BCUT2D eigenvalue weighted by atomic mass is 10.1. The zero-order valence-corrected chi connectivity index (χ0v) is 15.3. The second-order valence-electron chi connectivity index (χ2n) is 6.64. The average Bonchev–Trinajstić information content (AvgIpc) is 3.22. The van der Waals surface area contributed by atoms with E-state index in [2.05, 4.69) is 39.4 Å². The summed E-state index contributed by atoms with van der Waals surface area (Å²) in [4.78, 5) is 20.9. The standard InChI is InChI=1S/C18H22N6O2/c1-11(2)8-14-9-15(24(4)22-14)17(25)20-12(3)18-21-16(23-26-18)13-6-5-7-19-10-13/h5-7,9-12H,8H2,1-4H3,(H,20,25)/t12-/m0/s1. The van der Waals surface area contributed by atoms with E-state index >= 15 is 0 Å². The van der Waals surface area contributed by atoms with Crippen molar-refractivity contribution in [3.63, 3.8) is 0 Å². The maximum Gasteiger partial charge on any atom is 0.270 e. The summed E-state index contributed by atoms with van der Waals surface area (Å²) < 4.78 is 6.87. The number of pyridine rings is 1. The highest BCUT2D eigenvalue weighted by Gasteiger charge is 2.20. The fraction of sp³-hybridized carbons (Fsp3) is 0.389. The molecule has 0 aromatic carbocycles. The fourth-order valence-electron chi connectivity index (χ4n) is 2.61. The first-order valence-electron chi connectivity index (χ1n) is 8.52. The van der Waals surface area contributed by atoms with Gasteiger partial charge in [-0.25, -0.2) is 0 Å². The number of carbonyl (C=O) groups is 1. The fourth-order valence-corrected chi connectivity index (χ4v) is 2.61. The summed E-state index contributed by atoms with van der Waals surface area (Å²) in [5, 5.41) is 11.2. The van der Waals surface area contributed by atoms with E-state index in [-0.39, 0.29) is 5.91 Å². The van der Waals surface area contributed by atoms with Crippen LogP contribution in [-0.4, -0.2) is 30.8 Å². The third kappa shape index (κ3) is 3.96. The zero-order chi connectivity index (χ0) is 18.7. The molecule has 0 bridgehead atoms. The van der Waals surface area contributed by atoms with Crippen LogP contribution in [0.1, 0.15) is 48.9 Å². The minimum absolute atomic E-state index is 0.233. The van der Waals surface area contributed by atoms with Crippen LogP contribution in [0.2, 0.25) is 0 Å². The van der Waals surface area contributed by atoms with E-state index in [1.165, 1.54) is 0 Å². The molecule has 3 aromatic heterocycles. The number of aromatic nitrogens is 5. The van der Waals surface area contributed by atoms with E-state index in [1.54, 1.807) is 37.1 Å². The average molecular weight is 354 g/mol. The highest BCUT2D eigenvalue weighted by atomic mass is 16.5. The number of nitrogens with zero attached hydrogens (tertiary/aromatic N) is 5. The zero-order valence-electron chi connectivity index (χ0n) is 15.3. The van der Waals surface area contributed by atoms with Crippen molar-refractivity contribution >= 4 is 5.91 Å². The highest BCUT2D eigenvalue weighted by Crippen LogP contribution is 2.18. The van der Waals surface area contributed by atoms with Gasteiger partial charge in [0.2, 0.25) is 11.7 Å². The second kappa shape index (κ2) is 7.47. The number of aryl methyl sites for hydroxylation is 1. The van der Waals surface area contributed by atoms with Crippen LogP contribution in [-0.2, 0) is 13.5 Å². The summed E-state index contributed by atoms with van der Waals surface area (Å²) >= 11 is 0. The Morgan fingerprint density at radius 2 is 2.15 bits per heavy atom. The van der Waals surface area contributed by atoms with Crippen molar-refractivity contribution < 1.29 is 9.32 Å². The number of hydrogen-bond acceptors (Lipinski definition) is 6. The molecule has 1 N–H and O–H groups in total. The van der Waals surface area contributed by atoms with Gasteiger partial charge in [0, 0.05) is 25.0 Å². The summed E-state index contributed by atoms with van der Waals surface area (Å²) in [5.41, 5.74) is 2.16. The van der Waals surface area contributed by atoms with Crippen LogP contribution >= 0.6 is 0 Å². The lowest BCUT2D eigenvalue weighted by Gasteiger charge is -2.09. The molecule has 26 heavy (non-hydrogen) atoms. The van der Waals surface area contributed by atoms with E-state index in [0.29, 0.717) is 23.3 Å². The molecule has 0 saturated heterocycles. The maximum atomic E-state index is 12.6. The van der Waals surface area contributed by atoms with Crippen LogP contribution in [0.15, 0.2) is 35.1 Å². The minimum atomic E-state index is -0.427. The van der Waals surface area contributed by atoms with Crippen LogP contribution in [0.3, 0.4) is 0 Å². The maximum absolute atomic E-state index is 12.6. The molecule has 0 aliphatic heterocycles. The van der Waals surface area contributed by atoms with E-state index in [1.807, 2.05) is 12.1 Å². The van der Waals surface area contributed by atoms with Gasteiger partial charge in [0.25, 0.3) is 5.91 Å². The summed E-state index contributed by atoms with van der Waals surface area (Å²) in [6.45, 7) is 6.03. The minimum Gasteiger partial charge on any atom is -0.339 e. The first-order chi connectivity index (χ1) is 12.4. The van der Waals surface area contributed by atoms with Crippen molar-refractivity contribution in [2.45, 2.75) is 33.2 Å². The van der Waals surface area contributed by atoms with Crippen LogP contribution < -0.4 is 5.32 Å². The Bertz CT molecular complexity index is 884. The van der Waals surface area contributed by atoms with Gasteiger partial charge in [-0.2, -0.15) is 10.1 Å². The molecule has 0 aliphatic rings. The third-order valence-electron chi connectivity index (χ3n) is 3.86. The van der Waals surface area contributed by atoms with Gasteiger partial charge in [0.05, 0.1) is 5.69 Å². The van der Waals surface area contributed by atoms with E-state index in [9.17, 15) is 4.79 Å². The summed E-state index contributed by atoms with van der Waals surface area (Å²) in [7, 11) is 1.76. The SMILES string of the molecule is CC(C)Cc1cc(C(=O)N[C@@H](C)c2nc(-c3cccnc3)no2)n(C)n1.